The Bertz CT molecular complexity index is 1280. The van der Waals surface area contributed by atoms with Crippen LogP contribution in [0, 0.1) is 0 Å². The van der Waals surface area contributed by atoms with Crippen LogP contribution in [0.5, 0.6) is 0 Å². The molecule has 1 aliphatic rings. The summed E-state index contributed by atoms with van der Waals surface area (Å²) in [6.07, 6.45) is 0. The SMILES string of the molecule is CCN(CC)Cc1ccc(C2Nc3cccc4c(=O)[nH]nc(c34)C2c2ccccc2)cc1. The molecule has 0 saturated carbocycles. The van der Waals surface area contributed by atoms with Crippen molar-refractivity contribution < 1.29 is 0 Å². The topological polar surface area (TPSA) is 61.0 Å². The van der Waals surface area contributed by atoms with Crippen LogP contribution < -0.4 is 10.9 Å². The molecule has 0 amide bonds. The van der Waals surface area contributed by atoms with Gasteiger partial charge in [0.25, 0.3) is 5.56 Å². The van der Waals surface area contributed by atoms with Crippen molar-refractivity contribution in [3.05, 3.63) is 106 Å². The number of rotatable bonds is 6. The lowest BCUT2D eigenvalue weighted by Crippen LogP contribution is -2.28. The van der Waals surface area contributed by atoms with Crippen molar-refractivity contribution in [2.75, 3.05) is 18.4 Å². The van der Waals surface area contributed by atoms with E-state index in [0.717, 1.165) is 36.4 Å². The Kier molecular flexibility index (Phi) is 5.50. The molecule has 2 unspecified atom stereocenters. The van der Waals surface area contributed by atoms with Crippen LogP contribution >= 0.6 is 0 Å². The molecule has 4 aromatic rings. The maximum absolute atomic E-state index is 12.4. The summed E-state index contributed by atoms with van der Waals surface area (Å²) < 4.78 is 0. The highest BCUT2D eigenvalue weighted by Crippen LogP contribution is 2.46. The standard InChI is InChI=1S/C27H28N4O/c1-3-31(4-2)17-18-13-15-20(16-14-18)25-23(19-9-6-5-7-10-19)26-24-21(27(32)30-29-26)11-8-12-22(24)28-25/h5-16,23,25,28H,3-4,17H2,1-2H3,(H,30,32). The summed E-state index contributed by atoms with van der Waals surface area (Å²) >= 11 is 0. The van der Waals surface area contributed by atoms with Gasteiger partial charge in [-0.2, -0.15) is 5.10 Å². The molecule has 5 nitrogen and oxygen atoms in total. The average molecular weight is 425 g/mol. The smallest absolute Gasteiger partial charge is 0.272 e. The van der Waals surface area contributed by atoms with Crippen molar-refractivity contribution in [2.24, 2.45) is 0 Å². The molecule has 0 bridgehead atoms. The van der Waals surface area contributed by atoms with E-state index in [-0.39, 0.29) is 17.5 Å². The van der Waals surface area contributed by atoms with Gasteiger partial charge in [-0.15, -0.1) is 0 Å². The fourth-order valence-corrected chi connectivity index (χ4v) is 4.82. The third-order valence-electron chi connectivity index (χ3n) is 6.58. The van der Waals surface area contributed by atoms with Crippen molar-refractivity contribution in [3.63, 3.8) is 0 Å². The van der Waals surface area contributed by atoms with Gasteiger partial charge in [0.15, 0.2) is 0 Å². The molecule has 0 spiro atoms. The van der Waals surface area contributed by atoms with Crippen molar-refractivity contribution in [2.45, 2.75) is 32.4 Å². The number of anilines is 1. The van der Waals surface area contributed by atoms with Crippen molar-refractivity contribution in [1.29, 1.82) is 0 Å². The molecular weight excluding hydrogens is 396 g/mol. The lowest BCUT2D eigenvalue weighted by molar-refractivity contribution is 0.296. The van der Waals surface area contributed by atoms with Crippen molar-refractivity contribution in [3.8, 4) is 0 Å². The fourth-order valence-electron chi connectivity index (χ4n) is 4.82. The lowest BCUT2D eigenvalue weighted by atomic mass is 9.80. The quantitative estimate of drug-likeness (QED) is 0.454. The van der Waals surface area contributed by atoms with E-state index in [0.29, 0.717) is 5.39 Å². The fraction of sp³-hybridized carbons (Fsp3) is 0.259. The van der Waals surface area contributed by atoms with Gasteiger partial charge in [-0.05, 0) is 41.9 Å². The van der Waals surface area contributed by atoms with Crippen LogP contribution in [-0.4, -0.2) is 28.2 Å². The summed E-state index contributed by atoms with van der Waals surface area (Å²) in [6.45, 7) is 7.44. The normalized spacial score (nSPS) is 17.5. The van der Waals surface area contributed by atoms with Gasteiger partial charge in [-0.25, -0.2) is 5.10 Å². The summed E-state index contributed by atoms with van der Waals surface area (Å²) in [4.78, 5) is 14.9. The van der Waals surface area contributed by atoms with Gasteiger partial charge in [-0.3, -0.25) is 9.69 Å². The van der Waals surface area contributed by atoms with Crippen molar-refractivity contribution >= 4 is 16.5 Å². The zero-order valence-corrected chi connectivity index (χ0v) is 18.5. The van der Waals surface area contributed by atoms with Gasteiger partial charge >= 0.3 is 0 Å². The summed E-state index contributed by atoms with van der Waals surface area (Å²) in [5, 5.41) is 12.6. The average Bonchev–Trinajstić information content (AvgIpc) is 2.85. The third-order valence-corrected chi connectivity index (χ3v) is 6.58. The van der Waals surface area contributed by atoms with E-state index in [2.05, 4.69) is 82.8 Å². The first-order valence-electron chi connectivity index (χ1n) is 11.3. The number of aromatic nitrogens is 2. The van der Waals surface area contributed by atoms with Gasteiger partial charge < -0.3 is 5.32 Å². The number of hydrogen-bond donors (Lipinski definition) is 2. The van der Waals surface area contributed by atoms with Crippen LogP contribution in [0.25, 0.3) is 10.8 Å². The van der Waals surface area contributed by atoms with Gasteiger partial charge in [0.05, 0.1) is 23.0 Å². The maximum Gasteiger partial charge on any atom is 0.272 e. The van der Waals surface area contributed by atoms with E-state index in [1.807, 2.05) is 24.3 Å². The number of nitrogens with zero attached hydrogens (tertiary/aromatic N) is 2. The lowest BCUT2D eigenvalue weighted by Gasteiger charge is -2.34. The second-order valence-corrected chi connectivity index (χ2v) is 8.38. The largest absolute Gasteiger partial charge is 0.377 e. The molecule has 3 aromatic carbocycles. The maximum atomic E-state index is 12.4. The van der Waals surface area contributed by atoms with E-state index in [4.69, 9.17) is 0 Å². The molecule has 1 aromatic heterocycles. The Morgan fingerprint density at radius 1 is 0.875 bits per heavy atom. The van der Waals surface area contributed by atoms with Gasteiger partial charge in [0, 0.05) is 17.6 Å². The molecule has 0 saturated heterocycles. The van der Waals surface area contributed by atoms with Gasteiger partial charge in [-0.1, -0.05) is 74.5 Å². The van der Waals surface area contributed by atoms with Crippen LogP contribution in [0.4, 0.5) is 5.69 Å². The number of hydrogen-bond acceptors (Lipinski definition) is 4. The first-order valence-corrected chi connectivity index (χ1v) is 11.3. The second-order valence-electron chi connectivity index (χ2n) is 8.38. The second kappa shape index (κ2) is 8.60. The molecule has 1 aliphatic heterocycles. The monoisotopic (exact) mass is 424 g/mol. The zero-order valence-electron chi connectivity index (χ0n) is 18.5. The number of benzene rings is 3. The van der Waals surface area contributed by atoms with E-state index in [1.54, 1.807) is 0 Å². The minimum atomic E-state index is -0.154. The number of aromatic amines is 1. The summed E-state index contributed by atoms with van der Waals surface area (Å²) in [7, 11) is 0. The van der Waals surface area contributed by atoms with Gasteiger partial charge in [0.2, 0.25) is 0 Å². The van der Waals surface area contributed by atoms with E-state index in [9.17, 15) is 4.79 Å². The highest BCUT2D eigenvalue weighted by molar-refractivity contribution is 5.97. The molecule has 0 radical (unpaired) electrons. The molecule has 0 aliphatic carbocycles. The minimum Gasteiger partial charge on any atom is -0.377 e. The number of H-pyrrole nitrogens is 1. The zero-order chi connectivity index (χ0) is 22.1. The van der Waals surface area contributed by atoms with Gasteiger partial charge in [0.1, 0.15) is 0 Å². The highest BCUT2D eigenvalue weighted by atomic mass is 16.1. The number of nitrogens with one attached hydrogen (secondary N) is 2. The summed E-state index contributed by atoms with van der Waals surface area (Å²) in [5.41, 5.74) is 5.41. The Hall–Kier alpha value is -3.44. The molecule has 5 heteroatoms. The highest BCUT2D eigenvalue weighted by Gasteiger charge is 2.34. The Labute approximate surface area is 188 Å². The molecular formula is C27H28N4O. The van der Waals surface area contributed by atoms with E-state index >= 15 is 0 Å². The van der Waals surface area contributed by atoms with Crippen molar-refractivity contribution in [1.82, 2.24) is 15.1 Å². The van der Waals surface area contributed by atoms with Crippen LogP contribution in [0.15, 0.2) is 77.6 Å². The Balaban J connectivity index is 1.61. The summed E-state index contributed by atoms with van der Waals surface area (Å²) in [5.74, 6) is -0.0147. The first-order chi connectivity index (χ1) is 15.7. The Morgan fingerprint density at radius 3 is 2.34 bits per heavy atom. The molecule has 32 heavy (non-hydrogen) atoms. The first kappa shape index (κ1) is 20.5. The molecule has 2 atom stereocenters. The van der Waals surface area contributed by atoms with E-state index < -0.39 is 0 Å². The molecule has 0 fully saturated rings. The van der Waals surface area contributed by atoms with Crippen LogP contribution in [-0.2, 0) is 6.54 Å². The van der Waals surface area contributed by atoms with Crippen LogP contribution in [0.1, 0.15) is 48.2 Å². The minimum absolute atomic E-state index is 0.0106. The predicted molar refractivity (Wildman–Crippen MR) is 130 cm³/mol. The Morgan fingerprint density at radius 2 is 1.62 bits per heavy atom. The summed E-state index contributed by atoms with van der Waals surface area (Å²) in [6, 6.07) is 25.2. The molecule has 5 rings (SSSR count). The van der Waals surface area contributed by atoms with E-state index in [1.165, 1.54) is 16.7 Å². The third kappa shape index (κ3) is 3.59. The van der Waals surface area contributed by atoms with Crippen LogP contribution in [0.3, 0.4) is 0 Å². The molecule has 2 heterocycles. The predicted octanol–water partition coefficient (Wildman–Crippen LogP) is 5.06. The molecule has 162 valence electrons. The molecule has 2 N–H and O–H groups in total. The van der Waals surface area contributed by atoms with Crippen LogP contribution in [0.2, 0.25) is 0 Å².